The highest BCUT2D eigenvalue weighted by Gasteiger charge is 2.19. The average molecular weight is 372 g/mol. The van der Waals surface area contributed by atoms with E-state index in [0.717, 1.165) is 11.1 Å². The van der Waals surface area contributed by atoms with E-state index in [-0.39, 0.29) is 18.6 Å². The Morgan fingerprint density at radius 1 is 0.964 bits per heavy atom. The molecule has 0 saturated carbocycles. The van der Waals surface area contributed by atoms with Crippen molar-refractivity contribution >= 4 is 5.91 Å². The van der Waals surface area contributed by atoms with Crippen molar-refractivity contribution in [3.05, 3.63) is 95.6 Å². The molecule has 1 amide bonds. The van der Waals surface area contributed by atoms with Crippen molar-refractivity contribution in [3.8, 4) is 17.6 Å². The fourth-order valence-electron chi connectivity index (χ4n) is 2.90. The molecular weight excluding hydrogens is 352 g/mol. The largest absolute Gasteiger partial charge is 0.493 e. The molecule has 0 aliphatic heterocycles. The number of hydrogen-bond acceptors (Lipinski definition) is 4. The highest BCUT2D eigenvalue weighted by atomic mass is 16.5. The molecule has 0 saturated heterocycles. The van der Waals surface area contributed by atoms with Crippen molar-refractivity contribution in [2.45, 2.75) is 6.04 Å². The van der Waals surface area contributed by atoms with Gasteiger partial charge in [-0.3, -0.25) is 4.79 Å². The van der Waals surface area contributed by atoms with Gasteiger partial charge in [-0.1, -0.05) is 60.7 Å². The van der Waals surface area contributed by atoms with Crippen LogP contribution in [-0.4, -0.2) is 19.6 Å². The second kappa shape index (κ2) is 9.24. The third-order valence-electron chi connectivity index (χ3n) is 4.26. The van der Waals surface area contributed by atoms with Gasteiger partial charge in [0, 0.05) is 5.56 Å². The highest BCUT2D eigenvalue weighted by Crippen LogP contribution is 2.29. The predicted octanol–water partition coefficient (Wildman–Crippen LogP) is 4.12. The molecular formula is C23H20N2O3. The van der Waals surface area contributed by atoms with Gasteiger partial charge in [-0.2, -0.15) is 5.26 Å². The molecule has 5 nitrogen and oxygen atoms in total. The minimum absolute atomic E-state index is 0.0913. The van der Waals surface area contributed by atoms with Crippen molar-refractivity contribution < 1.29 is 14.3 Å². The summed E-state index contributed by atoms with van der Waals surface area (Å²) in [6, 6.07) is 26.1. The first kappa shape index (κ1) is 19.0. The summed E-state index contributed by atoms with van der Waals surface area (Å²) in [7, 11) is 1.49. The maximum absolute atomic E-state index is 12.9. The molecule has 0 spiro atoms. The van der Waals surface area contributed by atoms with Gasteiger partial charge in [0.25, 0.3) is 5.91 Å². The molecule has 0 aromatic heterocycles. The van der Waals surface area contributed by atoms with E-state index in [2.05, 4.69) is 5.32 Å². The van der Waals surface area contributed by atoms with Crippen LogP contribution < -0.4 is 14.8 Å². The molecule has 0 heterocycles. The first-order valence-corrected chi connectivity index (χ1v) is 8.81. The smallest absolute Gasteiger partial charge is 0.252 e. The summed E-state index contributed by atoms with van der Waals surface area (Å²) in [5.41, 5.74) is 2.42. The molecule has 0 radical (unpaired) electrons. The first-order valence-electron chi connectivity index (χ1n) is 8.81. The van der Waals surface area contributed by atoms with E-state index in [9.17, 15) is 4.79 Å². The Labute approximate surface area is 164 Å². The quantitative estimate of drug-likeness (QED) is 0.677. The minimum Gasteiger partial charge on any atom is -0.493 e. The topological polar surface area (TPSA) is 71.3 Å². The number of hydrogen-bond donors (Lipinski definition) is 1. The summed E-state index contributed by atoms with van der Waals surface area (Å²) in [6.07, 6.45) is 0. The van der Waals surface area contributed by atoms with Gasteiger partial charge >= 0.3 is 0 Å². The van der Waals surface area contributed by atoms with E-state index < -0.39 is 0 Å². The lowest BCUT2D eigenvalue weighted by Crippen LogP contribution is -2.29. The SMILES string of the molecule is COc1cc(C(=O)NC(c2ccccc2)c2ccccc2)ccc1OCC#N. The van der Waals surface area contributed by atoms with E-state index in [1.54, 1.807) is 18.2 Å². The maximum Gasteiger partial charge on any atom is 0.252 e. The maximum atomic E-state index is 12.9. The number of benzene rings is 3. The molecule has 0 atom stereocenters. The van der Waals surface area contributed by atoms with E-state index in [0.29, 0.717) is 17.1 Å². The zero-order chi connectivity index (χ0) is 19.8. The second-order valence-electron chi connectivity index (χ2n) is 6.04. The first-order chi connectivity index (χ1) is 13.7. The van der Waals surface area contributed by atoms with Crippen LogP contribution >= 0.6 is 0 Å². The molecule has 3 aromatic rings. The zero-order valence-corrected chi connectivity index (χ0v) is 15.5. The summed E-state index contributed by atoms with van der Waals surface area (Å²) >= 11 is 0. The Bertz CT molecular complexity index is 927. The number of carbonyl (C=O) groups is 1. The van der Waals surface area contributed by atoms with Crippen LogP contribution in [0.2, 0.25) is 0 Å². The molecule has 1 N–H and O–H groups in total. The van der Waals surface area contributed by atoms with Crippen molar-refractivity contribution in [2.75, 3.05) is 13.7 Å². The Hall–Kier alpha value is -3.78. The lowest BCUT2D eigenvalue weighted by molar-refractivity contribution is 0.0942. The molecule has 5 heteroatoms. The lowest BCUT2D eigenvalue weighted by Gasteiger charge is -2.20. The molecule has 0 bridgehead atoms. The molecule has 3 aromatic carbocycles. The predicted molar refractivity (Wildman–Crippen MR) is 106 cm³/mol. The van der Waals surface area contributed by atoms with Gasteiger partial charge in [-0.05, 0) is 29.3 Å². The monoisotopic (exact) mass is 372 g/mol. The molecule has 0 fully saturated rings. The van der Waals surface area contributed by atoms with E-state index >= 15 is 0 Å². The van der Waals surface area contributed by atoms with Crippen LogP contribution in [0.15, 0.2) is 78.9 Å². The van der Waals surface area contributed by atoms with Crippen molar-refractivity contribution in [2.24, 2.45) is 0 Å². The molecule has 28 heavy (non-hydrogen) atoms. The number of carbonyl (C=O) groups excluding carboxylic acids is 1. The van der Waals surface area contributed by atoms with E-state index in [4.69, 9.17) is 14.7 Å². The Morgan fingerprint density at radius 2 is 1.57 bits per heavy atom. The number of nitrogens with zero attached hydrogens (tertiary/aromatic N) is 1. The van der Waals surface area contributed by atoms with Crippen LogP contribution in [0.1, 0.15) is 27.5 Å². The van der Waals surface area contributed by atoms with Gasteiger partial charge in [-0.25, -0.2) is 0 Å². The minimum atomic E-state index is -0.282. The molecule has 0 aliphatic rings. The average Bonchev–Trinajstić information content (AvgIpc) is 2.77. The molecule has 140 valence electrons. The van der Waals surface area contributed by atoms with Crippen molar-refractivity contribution in [1.29, 1.82) is 5.26 Å². The van der Waals surface area contributed by atoms with E-state index in [1.165, 1.54) is 7.11 Å². The Morgan fingerprint density at radius 3 is 2.11 bits per heavy atom. The van der Waals surface area contributed by atoms with Crippen molar-refractivity contribution in [3.63, 3.8) is 0 Å². The number of nitrogens with one attached hydrogen (secondary N) is 1. The summed E-state index contributed by atoms with van der Waals surface area (Å²) in [5.74, 6) is 0.588. The normalized spacial score (nSPS) is 10.2. The van der Waals surface area contributed by atoms with Crippen LogP contribution in [0, 0.1) is 11.3 Å². The third-order valence-corrected chi connectivity index (χ3v) is 4.26. The van der Waals surface area contributed by atoms with Gasteiger partial charge in [0.1, 0.15) is 6.07 Å². The van der Waals surface area contributed by atoms with Gasteiger partial charge in [0.05, 0.1) is 13.2 Å². The van der Waals surface area contributed by atoms with E-state index in [1.807, 2.05) is 66.7 Å². The summed E-state index contributed by atoms with van der Waals surface area (Å²) in [4.78, 5) is 12.9. The van der Waals surface area contributed by atoms with Crippen LogP contribution in [-0.2, 0) is 0 Å². The van der Waals surface area contributed by atoms with Crippen molar-refractivity contribution in [1.82, 2.24) is 5.32 Å². The molecule has 0 aliphatic carbocycles. The Kier molecular flexibility index (Phi) is 6.27. The summed E-state index contributed by atoms with van der Waals surface area (Å²) < 4.78 is 10.6. The van der Waals surface area contributed by atoms with Crippen LogP contribution in [0.5, 0.6) is 11.5 Å². The molecule has 3 rings (SSSR count). The second-order valence-corrected chi connectivity index (χ2v) is 6.04. The van der Waals surface area contributed by atoms with Gasteiger partial charge in [-0.15, -0.1) is 0 Å². The van der Waals surface area contributed by atoms with Gasteiger partial charge in [0.15, 0.2) is 18.1 Å². The number of ether oxygens (including phenoxy) is 2. The molecule has 0 unspecified atom stereocenters. The van der Waals surface area contributed by atoms with Crippen LogP contribution in [0.4, 0.5) is 0 Å². The highest BCUT2D eigenvalue weighted by molar-refractivity contribution is 5.95. The van der Waals surface area contributed by atoms with Crippen LogP contribution in [0.25, 0.3) is 0 Å². The van der Waals surface area contributed by atoms with Gasteiger partial charge in [0.2, 0.25) is 0 Å². The summed E-state index contributed by atoms with van der Waals surface area (Å²) in [5, 5.41) is 11.8. The number of nitriles is 1. The fourth-order valence-corrected chi connectivity index (χ4v) is 2.90. The number of methoxy groups -OCH3 is 1. The number of amides is 1. The summed E-state index contributed by atoms with van der Waals surface area (Å²) in [6.45, 7) is -0.0913. The lowest BCUT2D eigenvalue weighted by atomic mass is 9.98. The zero-order valence-electron chi connectivity index (χ0n) is 15.5. The Balaban J connectivity index is 1.87. The third kappa shape index (κ3) is 4.49. The van der Waals surface area contributed by atoms with Gasteiger partial charge < -0.3 is 14.8 Å². The number of rotatable bonds is 7. The standard InChI is InChI=1S/C23H20N2O3/c1-27-21-16-19(12-13-20(21)28-15-14-24)23(26)25-22(17-8-4-2-5-9-17)18-10-6-3-7-11-18/h2-13,16,22H,15H2,1H3,(H,25,26). The van der Waals surface area contributed by atoms with Crippen LogP contribution in [0.3, 0.4) is 0 Å². The fraction of sp³-hybridized carbons (Fsp3) is 0.130.